The second kappa shape index (κ2) is 7.35. The van der Waals surface area contributed by atoms with E-state index in [9.17, 15) is 18.4 Å². The highest BCUT2D eigenvalue weighted by Crippen LogP contribution is 2.18. The number of rotatable bonds is 5. The molecule has 120 valence electrons. The molecule has 2 amide bonds. The van der Waals surface area contributed by atoms with Crippen LogP contribution in [0.1, 0.15) is 6.92 Å². The van der Waals surface area contributed by atoms with E-state index in [1.807, 2.05) is 0 Å². The topological polar surface area (TPSA) is 70.2 Å². The molecule has 2 aromatic carbocycles. The number of hydrogen-bond donors (Lipinski definition) is 3. The van der Waals surface area contributed by atoms with Crippen LogP contribution < -0.4 is 16.0 Å². The van der Waals surface area contributed by atoms with E-state index < -0.39 is 17.5 Å². The van der Waals surface area contributed by atoms with Crippen LogP contribution in [0.2, 0.25) is 0 Å². The number of carbonyl (C=O) groups excluding carboxylic acids is 2. The van der Waals surface area contributed by atoms with E-state index in [2.05, 4.69) is 16.0 Å². The molecule has 0 radical (unpaired) electrons. The molecule has 0 aliphatic heterocycles. The van der Waals surface area contributed by atoms with Crippen LogP contribution >= 0.6 is 0 Å². The number of hydrogen-bond acceptors (Lipinski definition) is 3. The Morgan fingerprint density at radius 2 is 1.43 bits per heavy atom. The molecule has 0 aromatic heterocycles. The molecular weight excluding hydrogens is 304 g/mol. The Balaban J connectivity index is 1.91. The molecule has 0 heterocycles. The maximum absolute atomic E-state index is 13.4. The van der Waals surface area contributed by atoms with Gasteiger partial charge in [-0.15, -0.1) is 0 Å². The van der Waals surface area contributed by atoms with Gasteiger partial charge in [0.2, 0.25) is 11.8 Å². The molecule has 0 aliphatic carbocycles. The first kappa shape index (κ1) is 16.4. The highest BCUT2D eigenvalue weighted by molar-refractivity contribution is 5.94. The van der Waals surface area contributed by atoms with Crippen LogP contribution in [0.3, 0.4) is 0 Å². The molecule has 0 spiro atoms. The van der Waals surface area contributed by atoms with Gasteiger partial charge in [0.25, 0.3) is 0 Å². The lowest BCUT2D eigenvalue weighted by molar-refractivity contribution is -0.115. The van der Waals surface area contributed by atoms with E-state index in [0.717, 1.165) is 12.1 Å². The first-order chi connectivity index (χ1) is 11.0. The second-order valence-electron chi connectivity index (χ2n) is 4.76. The van der Waals surface area contributed by atoms with Crippen LogP contribution in [-0.4, -0.2) is 18.4 Å². The zero-order valence-corrected chi connectivity index (χ0v) is 12.3. The van der Waals surface area contributed by atoms with E-state index in [1.54, 1.807) is 24.3 Å². The monoisotopic (exact) mass is 319 g/mol. The number of nitrogens with one attached hydrogen (secondary N) is 3. The third kappa shape index (κ3) is 4.77. The van der Waals surface area contributed by atoms with Crippen LogP contribution in [0.15, 0.2) is 42.5 Å². The lowest BCUT2D eigenvalue weighted by Gasteiger charge is -2.10. The van der Waals surface area contributed by atoms with E-state index in [-0.39, 0.29) is 18.1 Å². The van der Waals surface area contributed by atoms with Gasteiger partial charge in [-0.1, -0.05) is 6.07 Å². The number of benzene rings is 2. The SMILES string of the molecule is CC(=O)Nc1ccc(NC(=O)CNc2c(F)cccc2F)cc1. The molecule has 2 rings (SSSR count). The maximum atomic E-state index is 13.4. The Morgan fingerprint density at radius 3 is 1.96 bits per heavy atom. The standard InChI is InChI=1S/C16H15F2N3O2/c1-10(22)20-11-5-7-12(8-6-11)21-15(23)9-19-16-13(17)3-2-4-14(16)18/h2-8,19H,9H2,1H3,(H,20,22)(H,21,23). The fourth-order valence-electron chi connectivity index (χ4n) is 1.88. The average molecular weight is 319 g/mol. The van der Waals surface area contributed by atoms with Gasteiger partial charge in [-0.3, -0.25) is 9.59 Å². The first-order valence-corrected chi connectivity index (χ1v) is 6.81. The summed E-state index contributed by atoms with van der Waals surface area (Å²) >= 11 is 0. The molecule has 0 fully saturated rings. The number of halogens is 2. The predicted octanol–water partition coefficient (Wildman–Crippen LogP) is 2.97. The number of para-hydroxylation sites is 1. The molecule has 23 heavy (non-hydrogen) atoms. The highest BCUT2D eigenvalue weighted by atomic mass is 19.1. The summed E-state index contributed by atoms with van der Waals surface area (Å²) < 4.78 is 26.8. The molecule has 2 aromatic rings. The Bertz CT molecular complexity index is 698. The fraction of sp³-hybridized carbons (Fsp3) is 0.125. The van der Waals surface area contributed by atoms with Crippen LogP contribution in [0, 0.1) is 11.6 Å². The molecule has 0 atom stereocenters. The van der Waals surface area contributed by atoms with Crippen LogP contribution in [0.5, 0.6) is 0 Å². The van der Waals surface area contributed by atoms with Gasteiger partial charge < -0.3 is 16.0 Å². The number of anilines is 3. The smallest absolute Gasteiger partial charge is 0.243 e. The minimum absolute atomic E-state index is 0.196. The van der Waals surface area contributed by atoms with E-state index in [0.29, 0.717) is 11.4 Å². The largest absolute Gasteiger partial charge is 0.371 e. The van der Waals surface area contributed by atoms with E-state index >= 15 is 0 Å². The molecule has 3 N–H and O–H groups in total. The molecule has 0 aliphatic rings. The normalized spacial score (nSPS) is 10.0. The minimum atomic E-state index is -0.766. The van der Waals surface area contributed by atoms with Crippen LogP contribution in [0.25, 0.3) is 0 Å². The zero-order chi connectivity index (χ0) is 16.8. The van der Waals surface area contributed by atoms with Crippen molar-refractivity contribution in [2.45, 2.75) is 6.92 Å². The van der Waals surface area contributed by atoms with Gasteiger partial charge in [0.15, 0.2) is 0 Å². The Labute approximate surface area is 131 Å². The van der Waals surface area contributed by atoms with Crippen molar-refractivity contribution in [1.82, 2.24) is 0 Å². The minimum Gasteiger partial charge on any atom is -0.371 e. The van der Waals surface area contributed by atoms with Crippen molar-refractivity contribution in [1.29, 1.82) is 0 Å². The lowest BCUT2D eigenvalue weighted by atomic mass is 10.2. The lowest BCUT2D eigenvalue weighted by Crippen LogP contribution is -2.22. The molecular formula is C16H15F2N3O2. The summed E-state index contributed by atoms with van der Waals surface area (Å²) in [6.07, 6.45) is 0. The fourth-order valence-corrected chi connectivity index (χ4v) is 1.88. The van der Waals surface area contributed by atoms with Crippen molar-refractivity contribution in [3.05, 3.63) is 54.1 Å². The molecule has 0 unspecified atom stereocenters. The van der Waals surface area contributed by atoms with Crippen molar-refractivity contribution in [3.8, 4) is 0 Å². The van der Waals surface area contributed by atoms with Crippen LogP contribution in [0.4, 0.5) is 25.8 Å². The molecule has 0 saturated heterocycles. The Hall–Kier alpha value is -2.96. The molecule has 0 saturated carbocycles. The van der Waals surface area contributed by atoms with Crippen molar-refractivity contribution in [3.63, 3.8) is 0 Å². The second-order valence-corrected chi connectivity index (χ2v) is 4.76. The van der Waals surface area contributed by atoms with Gasteiger partial charge >= 0.3 is 0 Å². The average Bonchev–Trinajstić information content (AvgIpc) is 2.48. The Morgan fingerprint density at radius 1 is 0.913 bits per heavy atom. The van der Waals surface area contributed by atoms with Gasteiger partial charge in [-0.05, 0) is 36.4 Å². The molecule has 7 heteroatoms. The molecule has 0 bridgehead atoms. The van der Waals surface area contributed by atoms with Gasteiger partial charge in [0.1, 0.15) is 17.3 Å². The maximum Gasteiger partial charge on any atom is 0.243 e. The van der Waals surface area contributed by atoms with Gasteiger partial charge in [0.05, 0.1) is 6.54 Å². The van der Waals surface area contributed by atoms with Gasteiger partial charge in [-0.25, -0.2) is 8.78 Å². The van der Waals surface area contributed by atoms with E-state index in [4.69, 9.17) is 0 Å². The van der Waals surface area contributed by atoms with E-state index in [1.165, 1.54) is 13.0 Å². The predicted molar refractivity (Wildman–Crippen MR) is 84.2 cm³/mol. The summed E-state index contributed by atoms with van der Waals surface area (Å²) in [5.74, 6) is -2.19. The summed E-state index contributed by atoms with van der Waals surface area (Å²) in [5, 5.41) is 7.59. The van der Waals surface area contributed by atoms with Crippen LogP contribution in [-0.2, 0) is 9.59 Å². The van der Waals surface area contributed by atoms with Crippen molar-refractivity contribution >= 4 is 28.9 Å². The first-order valence-electron chi connectivity index (χ1n) is 6.81. The van der Waals surface area contributed by atoms with Crippen molar-refractivity contribution in [2.24, 2.45) is 0 Å². The number of carbonyl (C=O) groups is 2. The molecule has 5 nitrogen and oxygen atoms in total. The van der Waals surface area contributed by atoms with Crippen molar-refractivity contribution < 1.29 is 18.4 Å². The summed E-state index contributed by atoms with van der Waals surface area (Å²) in [6.45, 7) is 1.11. The third-order valence-electron chi connectivity index (χ3n) is 2.88. The van der Waals surface area contributed by atoms with Gasteiger partial charge in [0, 0.05) is 18.3 Å². The summed E-state index contributed by atoms with van der Waals surface area (Å²) in [4.78, 5) is 22.7. The van der Waals surface area contributed by atoms with Gasteiger partial charge in [-0.2, -0.15) is 0 Å². The summed E-state index contributed by atoms with van der Waals surface area (Å²) in [5.41, 5.74) is 0.755. The third-order valence-corrected chi connectivity index (χ3v) is 2.88. The number of amides is 2. The Kier molecular flexibility index (Phi) is 5.24. The quantitative estimate of drug-likeness (QED) is 0.793. The van der Waals surface area contributed by atoms with Crippen molar-refractivity contribution in [2.75, 3.05) is 22.5 Å². The summed E-state index contributed by atoms with van der Waals surface area (Å²) in [6, 6.07) is 9.91. The summed E-state index contributed by atoms with van der Waals surface area (Å²) in [7, 11) is 0. The highest BCUT2D eigenvalue weighted by Gasteiger charge is 2.09. The zero-order valence-electron chi connectivity index (χ0n) is 12.3.